The molecule has 2 heterocycles. The van der Waals surface area contributed by atoms with Crippen molar-refractivity contribution in [2.75, 3.05) is 56.1 Å². The highest BCUT2D eigenvalue weighted by Crippen LogP contribution is 2.32. The number of hydrogen-bond donors (Lipinski definition) is 2. The Kier molecular flexibility index (Phi) is 6.73. The number of anilines is 2. The maximum Gasteiger partial charge on any atom is 0.416 e. The van der Waals surface area contributed by atoms with Gasteiger partial charge in [-0.1, -0.05) is 12.1 Å². The molecule has 0 radical (unpaired) electrons. The van der Waals surface area contributed by atoms with Gasteiger partial charge in [0.1, 0.15) is 0 Å². The van der Waals surface area contributed by atoms with E-state index in [0.717, 1.165) is 32.1 Å². The Hall–Kier alpha value is -3.27. The Balaban J connectivity index is 1.21. The summed E-state index contributed by atoms with van der Waals surface area (Å²) in [6.45, 7) is 3.90. The lowest BCUT2D eigenvalue weighted by Crippen LogP contribution is -2.47. The summed E-state index contributed by atoms with van der Waals surface area (Å²) < 4.78 is 44.3. The Bertz CT molecular complexity index is 1020. The van der Waals surface area contributed by atoms with Crippen molar-refractivity contribution >= 4 is 23.2 Å². The van der Waals surface area contributed by atoms with Gasteiger partial charge in [-0.05, 0) is 43.3 Å². The second-order valence-electron chi connectivity index (χ2n) is 8.01. The molecule has 1 saturated heterocycles. The lowest BCUT2D eigenvalue weighted by Gasteiger charge is -2.36. The second-order valence-corrected chi connectivity index (χ2v) is 8.01. The number of rotatable bonds is 6. The highest BCUT2D eigenvalue weighted by atomic mass is 19.4. The number of halogens is 3. The number of benzene rings is 2. The van der Waals surface area contributed by atoms with Crippen molar-refractivity contribution in [2.45, 2.75) is 12.6 Å². The first-order chi connectivity index (χ1) is 15.8. The fourth-order valence-corrected chi connectivity index (χ4v) is 4.00. The Morgan fingerprint density at radius 2 is 1.85 bits per heavy atom. The van der Waals surface area contributed by atoms with Crippen LogP contribution in [-0.2, 0) is 11.0 Å². The lowest BCUT2D eigenvalue weighted by atomic mass is 10.1. The molecule has 2 aromatic carbocycles. The summed E-state index contributed by atoms with van der Waals surface area (Å²) in [5.74, 6) is -0.147. The highest BCUT2D eigenvalue weighted by Gasteiger charge is 2.31. The first-order valence-corrected chi connectivity index (χ1v) is 10.8. The molecule has 0 aliphatic carbocycles. The van der Waals surface area contributed by atoms with Gasteiger partial charge in [-0.25, -0.2) is 0 Å². The van der Waals surface area contributed by atoms with Crippen LogP contribution >= 0.6 is 0 Å². The molecular weight excluding hydrogens is 437 g/mol. The zero-order valence-corrected chi connectivity index (χ0v) is 18.0. The van der Waals surface area contributed by atoms with E-state index in [1.807, 2.05) is 4.90 Å². The third-order valence-electron chi connectivity index (χ3n) is 5.73. The number of hydrogen-bond acceptors (Lipinski definition) is 5. The number of nitrogens with one attached hydrogen (secondary N) is 2. The third-order valence-corrected chi connectivity index (χ3v) is 5.73. The summed E-state index contributed by atoms with van der Waals surface area (Å²) in [5, 5.41) is 5.56. The van der Waals surface area contributed by atoms with Crippen molar-refractivity contribution in [2.24, 2.45) is 0 Å². The van der Waals surface area contributed by atoms with E-state index in [-0.39, 0.29) is 18.4 Å². The topological polar surface area (TPSA) is 73.9 Å². The minimum absolute atomic E-state index is 0.121. The number of para-hydroxylation sites is 1. The molecule has 1 fully saturated rings. The summed E-state index contributed by atoms with van der Waals surface area (Å²) >= 11 is 0. The van der Waals surface area contributed by atoms with Crippen LogP contribution in [0.4, 0.5) is 24.5 Å². The largest absolute Gasteiger partial charge is 0.481 e. The minimum atomic E-state index is -4.35. The zero-order valence-electron chi connectivity index (χ0n) is 18.0. The molecule has 10 heteroatoms. The number of alkyl halides is 3. The van der Waals surface area contributed by atoms with Crippen LogP contribution in [0.5, 0.6) is 5.75 Å². The smallest absolute Gasteiger partial charge is 0.416 e. The van der Waals surface area contributed by atoms with Crippen LogP contribution in [0.1, 0.15) is 22.3 Å². The van der Waals surface area contributed by atoms with Gasteiger partial charge in [0.15, 0.2) is 12.4 Å². The van der Waals surface area contributed by atoms with Gasteiger partial charge in [0.2, 0.25) is 0 Å². The normalized spacial score (nSPS) is 16.6. The van der Waals surface area contributed by atoms with Crippen LogP contribution in [0, 0.1) is 0 Å². The predicted octanol–water partition coefficient (Wildman–Crippen LogP) is 2.98. The fourth-order valence-electron chi connectivity index (χ4n) is 4.00. The molecular formula is C23H25F3N4O3. The average molecular weight is 462 g/mol. The van der Waals surface area contributed by atoms with Crippen molar-refractivity contribution in [1.82, 2.24) is 10.2 Å². The monoisotopic (exact) mass is 462 g/mol. The summed E-state index contributed by atoms with van der Waals surface area (Å²) in [6, 6.07) is 10.4. The maximum absolute atomic E-state index is 13.0. The van der Waals surface area contributed by atoms with Crippen molar-refractivity contribution in [3.63, 3.8) is 0 Å². The Morgan fingerprint density at radius 3 is 2.61 bits per heavy atom. The van der Waals surface area contributed by atoms with Crippen LogP contribution < -0.4 is 20.3 Å². The lowest BCUT2D eigenvalue weighted by molar-refractivity contribution is -0.137. The van der Waals surface area contributed by atoms with Gasteiger partial charge < -0.3 is 20.3 Å². The van der Waals surface area contributed by atoms with Gasteiger partial charge in [0.05, 0.1) is 16.8 Å². The van der Waals surface area contributed by atoms with E-state index < -0.39 is 11.7 Å². The SMILES string of the molecule is O=C1COc2c(cccc2C(=O)NCCCN2CCN(c3cccc(C(F)(F)F)c3)CC2)N1. The number of carbonyl (C=O) groups is 2. The van der Waals surface area contributed by atoms with Gasteiger partial charge in [-0.3, -0.25) is 14.5 Å². The minimum Gasteiger partial charge on any atom is -0.481 e. The van der Waals surface area contributed by atoms with Gasteiger partial charge in [-0.15, -0.1) is 0 Å². The Labute approximate surface area is 189 Å². The van der Waals surface area contributed by atoms with E-state index in [9.17, 15) is 22.8 Å². The van der Waals surface area contributed by atoms with Gasteiger partial charge in [0.25, 0.3) is 11.8 Å². The highest BCUT2D eigenvalue weighted by molar-refractivity contribution is 6.03. The number of fused-ring (bicyclic) bond motifs is 1. The van der Waals surface area contributed by atoms with Crippen molar-refractivity contribution in [1.29, 1.82) is 0 Å². The zero-order chi connectivity index (χ0) is 23.4. The number of nitrogens with zero attached hydrogens (tertiary/aromatic N) is 2. The molecule has 0 unspecified atom stereocenters. The predicted molar refractivity (Wildman–Crippen MR) is 118 cm³/mol. The molecule has 33 heavy (non-hydrogen) atoms. The third kappa shape index (κ3) is 5.57. The molecule has 2 amide bonds. The molecule has 7 nitrogen and oxygen atoms in total. The van der Waals surface area contributed by atoms with E-state index in [0.29, 0.717) is 42.3 Å². The van der Waals surface area contributed by atoms with Crippen molar-refractivity contribution in [3.05, 3.63) is 53.6 Å². The molecule has 0 spiro atoms. The van der Waals surface area contributed by atoms with Gasteiger partial charge in [0, 0.05) is 38.4 Å². The van der Waals surface area contributed by atoms with E-state index in [1.165, 1.54) is 12.1 Å². The van der Waals surface area contributed by atoms with Crippen molar-refractivity contribution < 1.29 is 27.5 Å². The molecule has 176 valence electrons. The number of ether oxygens (including phenoxy) is 1. The van der Waals surface area contributed by atoms with E-state index >= 15 is 0 Å². The van der Waals surface area contributed by atoms with Crippen LogP contribution in [0.15, 0.2) is 42.5 Å². The van der Waals surface area contributed by atoms with Crippen LogP contribution in [-0.4, -0.2) is 62.6 Å². The molecule has 2 N–H and O–H groups in total. The molecule has 4 rings (SSSR count). The van der Waals surface area contributed by atoms with Crippen LogP contribution in [0.3, 0.4) is 0 Å². The summed E-state index contributed by atoms with van der Waals surface area (Å²) in [4.78, 5) is 28.2. The van der Waals surface area contributed by atoms with E-state index in [2.05, 4.69) is 15.5 Å². The molecule has 2 aromatic rings. The molecule has 2 aliphatic heterocycles. The summed E-state index contributed by atoms with van der Waals surface area (Å²) in [5.41, 5.74) is 0.812. The summed E-state index contributed by atoms with van der Waals surface area (Å²) in [6.07, 6.45) is -3.61. The quantitative estimate of drug-likeness (QED) is 0.646. The summed E-state index contributed by atoms with van der Waals surface area (Å²) in [7, 11) is 0. The first-order valence-electron chi connectivity index (χ1n) is 10.8. The number of carbonyl (C=O) groups excluding carboxylic acids is 2. The molecule has 0 bridgehead atoms. The molecule has 0 atom stereocenters. The van der Waals surface area contributed by atoms with Crippen LogP contribution in [0.2, 0.25) is 0 Å². The first kappa shape index (κ1) is 22.9. The number of piperazine rings is 1. The molecule has 0 aromatic heterocycles. The average Bonchev–Trinajstić information content (AvgIpc) is 2.81. The Morgan fingerprint density at radius 1 is 1.09 bits per heavy atom. The maximum atomic E-state index is 13.0. The van der Waals surface area contributed by atoms with E-state index in [4.69, 9.17) is 4.74 Å². The molecule has 0 saturated carbocycles. The van der Waals surface area contributed by atoms with Gasteiger partial charge >= 0.3 is 6.18 Å². The second kappa shape index (κ2) is 9.70. The fraction of sp³-hybridized carbons (Fsp3) is 0.391. The molecule has 2 aliphatic rings. The van der Waals surface area contributed by atoms with Gasteiger partial charge in [-0.2, -0.15) is 13.2 Å². The van der Waals surface area contributed by atoms with Crippen LogP contribution in [0.25, 0.3) is 0 Å². The standard InChI is InChI=1S/C23H25F3N4O3/c24-23(25,26)16-4-1-5-17(14-16)30-12-10-29(11-13-30)9-3-8-27-22(32)18-6-2-7-19-21(18)33-15-20(31)28-19/h1-2,4-7,14H,3,8-13,15H2,(H,27,32)(H,28,31). The van der Waals surface area contributed by atoms with Crippen molar-refractivity contribution in [3.8, 4) is 5.75 Å². The van der Waals surface area contributed by atoms with E-state index in [1.54, 1.807) is 24.3 Å². The number of amides is 2.